The number of carbonyl (C=O) groups is 1. The van der Waals surface area contributed by atoms with Crippen molar-refractivity contribution in [2.24, 2.45) is 5.73 Å². The first-order valence-corrected chi connectivity index (χ1v) is 4.44. The van der Waals surface area contributed by atoms with Crippen LogP contribution in [0.1, 0.15) is 0 Å². The van der Waals surface area contributed by atoms with E-state index in [0.29, 0.717) is 5.75 Å². The maximum atomic E-state index is 10.4. The fourth-order valence-electron chi connectivity index (χ4n) is 1.02. The Morgan fingerprint density at radius 3 is 3.15 bits per heavy atom. The van der Waals surface area contributed by atoms with Gasteiger partial charge in [0.05, 0.1) is 15.7 Å². The largest absolute Gasteiger partial charge is 0.410 e. The molecule has 0 atom stereocenters. The molecule has 0 unspecified atom stereocenters. The van der Waals surface area contributed by atoms with Crippen LogP contribution in [0.25, 0.3) is 10.2 Å². The maximum absolute atomic E-state index is 10.4. The Bertz CT molecular complexity index is 452. The summed E-state index contributed by atoms with van der Waals surface area (Å²) in [7, 11) is 0. The molecule has 4 nitrogen and oxygen atoms in total. The molecule has 5 heteroatoms. The summed E-state index contributed by atoms with van der Waals surface area (Å²) in [4.78, 5) is 14.5. The second-order valence-corrected chi connectivity index (χ2v) is 3.29. The second-order valence-electron chi connectivity index (χ2n) is 2.40. The number of primary amides is 1. The highest BCUT2D eigenvalue weighted by molar-refractivity contribution is 7.16. The van der Waals surface area contributed by atoms with E-state index in [1.165, 1.54) is 11.3 Å². The fraction of sp³-hybridized carbons (Fsp3) is 0. The van der Waals surface area contributed by atoms with E-state index in [1.54, 1.807) is 17.6 Å². The number of ether oxygens (including phenoxy) is 1. The average Bonchev–Trinajstić information content (AvgIpc) is 2.49. The lowest BCUT2D eigenvalue weighted by Gasteiger charge is -1.98. The zero-order valence-electron chi connectivity index (χ0n) is 6.56. The summed E-state index contributed by atoms with van der Waals surface area (Å²) in [6.45, 7) is 0. The van der Waals surface area contributed by atoms with Crippen molar-refractivity contribution in [3.63, 3.8) is 0 Å². The third-order valence-corrected chi connectivity index (χ3v) is 2.33. The number of rotatable bonds is 1. The summed E-state index contributed by atoms with van der Waals surface area (Å²) in [5.74, 6) is 0.422. The van der Waals surface area contributed by atoms with Gasteiger partial charge >= 0.3 is 6.09 Å². The van der Waals surface area contributed by atoms with Crippen LogP contribution in [0.5, 0.6) is 5.75 Å². The standard InChI is InChI=1S/C8H6N2O2S/c9-8(11)12-5-1-2-7-6(3-5)10-4-13-7/h1-4H,(H2,9,11). The van der Waals surface area contributed by atoms with E-state index in [1.807, 2.05) is 6.07 Å². The number of hydrogen-bond acceptors (Lipinski definition) is 4. The summed E-state index contributed by atoms with van der Waals surface area (Å²) >= 11 is 1.53. The minimum absolute atomic E-state index is 0.422. The molecule has 0 aliphatic rings. The van der Waals surface area contributed by atoms with Crippen molar-refractivity contribution in [3.05, 3.63) is 23.7 Å². The van der Waals surface area contributed by atoms with Gasteiger partial charge in [-0.1, -0.05) is 0 Å². The van der Waals surface area contributed by atoms with Gasteiger partial charge in [-0.05, 0) is 12.1 Å². The molecule has 0 fully saturated rings. The Morgan fingerprint density at radius 2 is 2.38 bits per heavy atom. The number of aromatic nitrogens is 1. The highest BCUT2D eigenvalue weighted by Gasteiger charge is 2.01. The molecule has 1 aromatic heterocycles. The first kappa shape index (κ1) is 8.00. The Balaban J connectivity index is 2.42. The van der Waals surface area contributed by atoms with Crippen LogP contribution in [0, 0.1) is 0 Å². The van der Waals surface area contributed by atoms with Crippen molar-refractivity contribution in [1.29, 1.82) is 0 Å². The van der Waals surface area contributed by atoms with Crippen LogP contribution in [0.2, 0.25) is 0 Å². The number of fused-ring (bicyclic) bond motifs is 1. The van der Waals surface area contributed by atoms with Crippen molar-refractivity contribution in [2.75, 3.05) is 0 Å². The summed E-state index contributed by atoms with van der Waals surface area (Å²) in [5, 5.41) is 0. The van der Waals surface area contributed by atoms with Crippen LogP contribution in [0.15, 0.2) is 23.7 Å². The molecule has 2 rings (SSSR count). The molecule has 0 aliphatic heterocycles. The molecule has 0 saturated heterocycles. The van der Waals surface area contributed by atoms with Gasteiger partial charge < -0.3 is 10.5 Å². The van der Waals surface area contributed by atoms with Crippen molar-refractivity contribution in [1.82, 2.24) is 4.98 Å². The third-order valence-electron chi connectivity index (χ3n) is 1.52. The smallest absolute Gasteiger partial charge is 0.409 e. The van der Waals surface area contributed by atoms with Gasteiger partial charge in [-0.15, -0.1) is 11.3 Å². The summed E-state index contributed by atoms with van der Waals surface area (Å²) < 4.78 is 5.75. The number of nitrogens with two attached hydrogens (primary N) is 1. The number of thiazole rings is 1. The second kappa shape index (κ2) is 3.02. The van der Waals surface area contributed by atoms with E-state index in [-0.39, 0.29) is 0 Å². The molecular formula is C8H6N2O2S. The summed E-state index contributed by atoms with van der Waals surface area (Å²) in [5.41, 5.74) is 7.41. The Labute approximate surface area is 78.0 Å². The van der Waals surface area contributed by atoms with Crippen LogP contribution in [-0.2, 0) is 0 Å². The molecule has 2 aromatic rings. The predicted molar refractivity (Wildman–Crippen MR) is 49.8 cm³/mol. The highest BCUT2D eigenvalue weighted by Crippen LogP contribution is 2.22. The van der Waals surface area contributed by atoms with Gasteiger partial charge in [0.25, 0.3) is 0 Å². The SMILES string of the molecule is NC(=O)Oc1ccc2scnc2c1. The first-order chi connectivity index (χ1) is 6.25. The van der Waals surface area contributed by atoms with Crippen molar-refractivity contribution in [3.8, 4) is 5.75 Å². The Morgan fingerprint density at radius 1 is 1.54 bits per heavy atom. The van der Waals surface area contributed by atoms with Gasteiger partial charge in [0.15, 0.2) is 0 Å². The lowest BCUT2D eigenvalue weighted by Crippen LogP contribution is -2.16. The van der Waals surface area contributed by atoms with Gasteiger partial charge in [0.2, 0.25) is 0 Å². The van der Waals surface area contributed by atoms with E-state index in [2.05, 4.69) is 4.98 Å². The highest BCUT2D eigenvalue weighted by atomic mass is 32.1. The molecule has 0 saturated carbocycles. The van der Waals surface area contributed by atoms with Gasteiger partial charge in [-0.2, -0.15) is 0 Å². The topological polar surface area (TPSA) is 65.2 Å². The van der Waals surface area contributed by atoms with Gasteiger partial charge in [0, 0.05) is 6.07 Å². The number of amides is 1. The molecule has 0 bridgehead atoms. The maximum Gasteiger partial charge on any atom is 0.409 e. The van der Waals surface area contributed by atoms with Crippen molar-refractivity contribution < 1.29 is 9.53 Å². The lowest BCUT2D eigenvalue weighted by molar-refractivity contribution is 0.211. The molecule has 0 spiro atoms. The first-order valence-electron chi connectivity index (χ1n) is 3.56. The summed E-state index contributed by atoms with van der Waals surface area (Å²) in [6.07, 6.45) is -0.811. The van der Waals surface area contributed by atoms with Crippen LogP contribution in [0.3, 0.4) is 0 Å². The Hall–Kier alpha value is -1.62. The monoisotopic (exact) mass is 194 g/mol. The molecule has 0 radical (unpaired) electrons. The molecular weight excluding hydrogens is 188 g/mol. The minimum Gasteiger partial charge on any atom is -0.410 e. The minimum atomic E-state index is -0.811. The normalized spacial score (nSPS) is 10.2. The van der Waals surface area contributed by atoms with E-state index in [0.717, 1.165) is 10.2 Å². The van der Waals surface area contributed by atoms with Crippen LogP contribution in [0.4, 0.5) is 4.79 Å². The van der Waals surface area contributed by atoms with Gasteiger partial charge in [-0.25, -0.2) is 9.78 Å². The van der Waals surface area contributed by atoms with Crippen molar-refractivity contribution in [2.45, 2.75) is 0 Å². The van der Waals surface area contributed by atoms with Crippen molar-refractivity contribution >= 4 is 27.6 Å². The fourth-order valence-corrected chi connectivity index (χ4v) is 1.68. The summed E-state index contributed by atoms with van der Waals surface area (Å²) in [6, 6.07) is 5.20. The third kappa shape index (κ3) is 1.59. The molecule has 66 valence electrons. The van der Waals surface area contributed by atoms with Crippen LogP contribution in [-0.4, -0.2) is 11.1 Å². The number of benzene rings is 1. The van der Waals surface area contributed by atoms with Crippen LogP contribution < -0.4 is 10.5 Å². The molecule has 0 aliphatic carbocycles. The van der Waals surface area contributed by atoms with E-state index in [9.17, 15) is 4.79 Å². The van der Waals surface area contributed by atoms with E-state index < -0.39 is 6.09 Å². The number of nitrogens with zero attached hydrogens (tertiary/aromatic N) is 1. The van der Waals surface area contributed by atoms with E-state index in [4.69, 9.17) is 10.5 Å². The molecule has 13 heavy (non-hydrogen) atoms. The van der Waals surface area contributed by atoms with Gasteiger partial charge in [-0.3, -0.25) is 0 Å². The molecule has 2 N–H and O–H groups in total. The van der Waals surface area contributed by atoms with E-state index >= 15 is 0 Å². The average molecular weight is 194 g/mol. The number of hydrogen-bond donors (Lipinski definition) is 1. The lowest BCUT2D eigenvalue weighted by atomic mass is 10.3. The molecule has 1 heterocycles. The molecule has 1 aromatic carbocycles. The quantitative estimate of drug-likeness (QED) is 0.752. The number of carbonyl (C=O) groups excluding carboxylic acids is 1. The molecule has 1 amide bonds. The predicted octanol–water partition coefficient (Wildman–Crippen LogP) is 1.75. The van der Waals surface area contributed by atoms with Crippen LogP contribution >= 0.6 is 11.3 Å². The van der Waals surface area contributed by atoms with Gasteiger partial charge in [0.1, 0.15) is 5.75 Å². The zero-order chi connectivity index (χ0) is 9.26. The Kier molecular flexibility index (Phi) is 1.86. The zero-order valence-corrected chi connectivity index (χ0v) is 7.38.